The largest absolute Gasteiger partial charge is 0.481 e. The lowest BCUT2D eigenvalue weighted by Crippen LogP contribution is -2.44. The molecule has 1 atom stereocenters. The highest BCUT2D eigenvalue weighted by Gasteiger charge is 2.31. The minimum Gasteiger partial charge on any atom is -0.481 e. The van der Waals surface area contributed by atoms with E-state index in [-0.39, 0.29) is 24.4 Å². The molecule has 2 fully saturated rings. The van der Waals surface area contributed by atoms with E-state index < -0.39 is 17.9 Å². The third kappa shape index (κ3) is 3.78. The van der Waals surface area contributed by atoms with Crippen molar-refractivity contribution in [2.75, 3.05) is 0 Å². The molecule has 1 aliphatic heterocycles. The van der Waals surface area contributed by atoms with Gasteiger partial charge in [0.25, 0.3) is 0 Å². The first-order valence-electron chi connectivity index (χ1n) is 10.6. The molecular weight excluding hydrogens is 386 g/mol. The average molecular weight is 413 g/mol. The van der Waals surface area contributed by atoms with Crippen LogP contribution in [0.25, 0.3) is 11.0 Å². The minimum absolute atomic E-state index is 0.225. The molecule has 2 amide bonds. The zero-order chi connectivity index (χ0) is 21.4. The molecule has 2 N–H and O–H groups in total. The molecule has 4 rings (SSSR count). The summed E-state index contributed by atoms with van der Waals surface area (Å²) in [6, 6.07) is 5.31. The Balaban J connectivity index is 1.57. The van der Waals surface area contributed by atoms with E-state index in [0.717, 1.165) is 37.6 Å². The molecule has 2 aromatic rings. The molecule has 1 saturated carbocycles. The van der Waals surface area contributed by atoms with E-state index in [4.69, 9.17) is 5.11 Å². The van der Waals surface area contributed by atoms with Gasteiger partial charge in [0.2, 0.25) is 11.8 Å². The maximum Gasteiger partial charge on any atom is 0.329 e. The molecule has 8 heteroatoms. The van der Waals surface area contributed by atoms with Crippen LogP contribution in [0.15, 0.2) is 23.0 Å². The quantitative estimate of drug-likeness (QED) is 0.732. The molecule has 0 bridgehead atoms. The first-order valence-corrected chi connectivity index (χ1v) is 10.6. The smallest absolute Gasteiger partial charge is 0.329 e. The molecule has 30 heavy (non-hydrogen) atoms. The van der Waals surface area contributed by atoms with E-state index in [9.17, 15) is 19.2 Å². The number of aryl methyl sites for hydroxylation is 1. The van der Waals surface area contributed by atoms with Gasteiger partial charge in [-0.3, -0.25) is 28.8 Å². The summed E-state index contributed by atoms with van der Waals surface area (Å²) in [7, 11) is 1.71. The lowest BCUT2D eigenvalue weighted by Gasteiger charge is -2.28. The maximum atomic E-state index is 12.9. The normalized spacial score (nSPS) is 24.8. The van der Waals surface area contributed by atoms with Crippen molar-refractivity contribution in [1.29, 1.82) is 0 Å². The van der Waals surface area contributed by atoms with Gasteiger partial charge in [0.05, 0.1) is 11.0 Å². The Morgan fingerprint density at radius 3 is 2.50 bits per heavy atom. The zero-order valence-electron chi connectivity index (χ0n) is 17.1. The number of imidazole rings is 1. The summed E-state index contributed by atoms with van der Waals surface area (Å²) in [5.74, 6) is -0.594. The van der Waals surface area contributed by atoms with E-state index >= 15 is 0 Å². The summed E-state index contributed by atoms with van der Waals surface area (Å²) < 4.78 is 3.07. The Morgan fingerprint density at radius 2 is 1.83 bits per heavy atom. The molecule has 1 unspecified atom stereocenters. The van der Waals surface area contributed by atoms with Gasteiger partial charge in [-0.2, -0.15) is 0 Å². The lowest BCUT2D eigenvalue weighted by atomic mass is 9.77. The van der Waals surface area contributed by atoms with Crippen LogP contribution in [0.5, 0.6) is 0 Å². The number of carbonyl (C=O) groups is 3. The predicted octanol–water partition coefficient (Wildman–Crippen LogP) is 2.46. The number of imide groups is 1. The van der Waals surface area contributed by atoms with Crippen molar-refractivity contribution < 1.29 is 19.5 Å². The summed E-state index contributed by atoms with van der Waals surface area (Å²) in [5, 5.41) is 11.2. The number of aromatic nitrogens is 2. The molecule has 2 aliphatic rings. The zero-order valence-corrected chi connectivity index (χ0v) is 17.1. The van der Waals surface area contributed by atoms with Crippen LogP contribution in [0.4, 0.5) is 0 Å². The Kier molecular flexibility index (Phi) is 5.49. The van der Waals surface area contributed by atoms with Gasteiger partial charge in [0.1, 0.15) is 6.04 Å². The first-order chi connectivity index (χ1) is 14.3. The summed E-state index contributed by atoms with van der Waals surface area (Å²) in [6.45, 7) is 0. The second-order valence-corrected chi connectivity index (χ2v) is 8.58. The first kappa shape index (κ1) is 20.4. The summed E-state index contributed by atoms with van der Waals surface area (Å²) in [4.78, 5) is 47.5. The van der Waals surface area contributed by atoms with Gasteiger partial charge < -0.3 is 5.11 Å². The highest BCUT2D eigenvalue weighted by Crippen LogP contribution is 2.38. The molecule has 160 valence electrons. The molecule has 1 saturated heterocycles. The summed E-state index contributed by atoms with van der Waals surface area (Å²) >= 11 is 0. The monoisotopic (exact) mass is 413 g/mol. The van der Waals surface area contributed by atoms with Gasteiger partial charge in [-0.05, 0) is 68.1 Å². The topological polar surface area (TPSA) is 110 Å². The third-order valence-corrected chi connectivity index (χ3v) is 6.72. The van der Waals surface area contributed by atoms with E-state index in [2.05, 4.69) is 5.32 Å². The van der Waals surface area contributed by atoms with E-state index in [1.54, 1.807) is 11.6 Å². The molecular formula is C22H27N3O5. The highest BCUT2D eigenvalue weighted by atomic mass is 16.4. The van der Waals surface area contributed by atoms with Crippen LogP contribution in [-0.2, 0) is 21.4 Å². The Morgan fingerprint density at radius 1 is 1.10 bits per heavy atom. The number of aliphatic carboxylic acids is 1. The number of amides is 2. The Bertz CT molecular complexity index is 1060. The van der Waals surface area contributed by atoms with Crippen LogP contribution < -0.4 is 11.0 Å². The van der Waals surface area contributed by atoms with Crippen molar-refractivity contribution >= 4 is 28.8 Å². The molecule has 8 nitrogen and oxygen atoms in total. The number of nitrogens with one attached hydrogen (secondary N) is 1. The Labute approximate surface area is 173 Å². The van der Waals surface area contributed by atoms with E-state index in [1.165, 1.54) is 10.1 Å². The molecule has 2 heterocycles. The number of carbonyl (C=O) groups excluding carboxylic acids is 2. The molecule has 1 aliphatic carbocycles. The number of hydrogen-bond acceptors (Lipinski definition) is 4. The second kappa shape index (κ2) is 8.08. The van der Waals surface area contributed by atoms with Gasteiger partial charge in [0, 0.05) is 19.9 Å². The second-order valence-electron chi connectivity index (χ2n) is 8.58. The van der Waals surface area contributed by atoms with E-state index in [0.29, 0.717) is 23.8 Å². The van der Waals surface area contributed by atoms with Crippen molar-refractivity contribution in [3.63, 3.8) is 0 Å². The third-order valence-electron chi connectivity index (χ3n) is 6.72. The maximum absolute atomic E-state index is 12.9. The number of carboxylic acids is 1. The van der Waals surface area contributed by atoms with Gasteiger partial charge in [-0.25, -0.2) is 4.79 Å². The van der Waals surface area contributed by atoms with Crippen molar-refractivity contribution in [3.8, 4) is 0 Å². The minimum atomic E-state index is -0.732. The van der Waals surface area contributed by atoms with Crippen LogP contribution in [-0.4, -0.2) is 32.0 Å². The fourth-order valence-electron chi connectivity index (χ4n) is 4.98. The molecule has 1 aromatic heterocycles. The standard InChI is InChI=1S/C22H27N3O5/c1-24-18-12-15(14-5-2-13(3-6-14)4-11-20(27)28)7-8-16(18)25(22(24)30)17-9-10-19(26)23-21(17)29/h7-8,12-14,17H,2-6,9-11H2,1H3,(H,27,28)(H,23,26,29)/t13-,14-,17?. The predicted molar refractivity (Wildman–Crippen MR) is 110 cm³/mol. The van der Waals surface area contributed by atoms with Crippen molar-refractivity contribution in [2.24, 2.45) is 13.0 Å². The van der Waals surface area contributed by atoms with Gasteiger partial charge in [-0.1, -0.05) is 6.07 Å². The van der Waals surface area contributed by atoms with Crippen LogP contribution in [0.2, 0.25) is 0 Å². The highest BCUT2D eigenvalue weighted by molar-refractivity contribution is 6.00. The van der Waals surface area contributed by atoms with Crippen molar-refractivity contribution in [2.45, 2.75) is 63.3 Å². The van der Waals surface area contributed by atoms with Gasteiger partial charge in [-0.15, -0.1) is 0 Å². The van der Waals surface area contributed by atoms with Crippen LogP contribution in [0.3, 0.4) is 0 Å². The number of piperidine rings is 1. The van der Waals surface area contributed by atoms with Gasteiger partial charge >= 0.3 is 11.7 Å². The number of nitrogens with zero attached hydrogens (tertiary/aromatic N) is 2. The van der Waals surface area contributed by atoms with Crippen molar-refractivity contribution in [1.82, 2.24) is 14.5 Å². The number of hydrogen-bond donors (Lipinski definition) is 2. The molecule has 1 aromatic carbocycles. The molecule has 0 spiro atoms. The van der Waals surface area contributed by atoms with E-state index in [1.807, 2.05) is 18.2 Å². The Hall–Kier alpha value is -2.90. The fourth-order valence-corrected chi connectivity index (χ4v) is 4.98. The SMILES string of the molecule is Cn1c(=O)n(C2CCC(=O)NC2=O)c2ccc([C@H]3CC[C@H](CCC(=O)O)CC3)cc21. The number of rotatable bonds is 5. The average Bonchev–Trinajstić information content (AvgIpc) is 2.97. The van der Waals surface area contributed by atoms with Crippen molar-refractivity contribution in [3.05, 3.63) is 34.2 Å². The lowest BCUT2D eigenvalue weighted by molar-refractivity contribution is -0.138. The molecule has 0 radical (unpaired) electrons. The van der Waals surface area contributed by atoms with Crippen LogP contribution >= 0.6 is 0 Å². The van der Waals surface area contributed by atoms with Crippen LogP contribution in [0, 0.1) is 5.92 Å². The number of carboxylic acid groups (broad SMARTS) is 1. The van der Waals surface area contributed by atoms with Gasteiger partial charge in [0.15, 0.2) is 0 Å². The summed E-state index contributed by atoms with van der Waals surface area (Å²) in [6.07, 6.45) is 5.59. The van der Waals surface area contributed by atoms with Crippen LogP contribution in [0.1, 0.15) is 68.9 Å². The fraction of sp³-hybridized carbons (Fsp3) is 0.545. The number of benzene rings is 1. The number of fused-ring (bicyclic) bond motifs is 1. The summed E-state index contributed by atoms with van der Waals surface area (Å²) in [5.41, 5.74) is 2.41.